The lowest BCUT2D eigenvalue weighted by Crippen LogP contribution is -2.24. The summed E-state index contributed by atoms with van der Waals surface area (Å²) < 4.78 is 63.0. The second-order valence-corrected chi connectivity index (χ2v) is 8.86. The van der Waals surface area contributed by atoms with Crippen molar-refractivity contribution in [3.63, 3.8) is 0 Å². The van der Waals surface area contributed by atoms with E-state index in [4.69, 9.17) is 0 Å². The lowest BCUT2D eigenvalue weighted by Gasteiger charge is -2.09. The number of hydrogen-bond donors (Lipinski definition) is 1. The van der Waals surface area contributed by atoms with E-state index < -0.39 is 31.8 Å². The van der Waals surface area contributed by atoms with Gasteiger partial charge in [-0.15, -0.1) is 0 Å². The maximum absolute atomic E-state index is 12.7. The van der Waals surface area contributed by atoms with E-state index in [0.717, 1.165) is 40.1 Å². The summed E-state index contributed by atoms with van der Waals surface area (Å²) >= 11 is 0. The van der Waals surface area contributed by atoms with Gasteiger partial charge in [-0.3, -0.25) is 9.55 Å². The number of aromatic nitrogens is 3. The lowest BCUT2D eigenvalue weighted by molar-refractivity contribution is -0.0436. The Bertz CT molecular complexity index is 1230. The third-order valence-corrected chi connectivity index (χ3v) is 5.94. The quantitative estimate of drug-likeness (QED) is 0.656. The topological polar surface area (TPSA) is 94.2 Å². The number of benzene rings is 1. The Morgan fingerprint density at radius 2 is 1.77 bits per heavy atom. The smallest absolute Gasteiger partial charge is 0.493 e. The molecule has 0 spiro atoms. The standard InChI is InChI=1S/C19H18F3N3O4S/c1-12(2)16-9-13(7-8-23-16)10-24-11-17(26)25(18(24)27)14-3-5-15(6-4-14)30(28,29)19(20,21)22/h3-9,11-12,26H,10H2,1-2H3. The van der Waals surface area contributed by atoms with Gasteiger partial charge in [-0.2, -0.15) is 13.2 Å². The van der Waals surface area contributed by atoms with Gasteiger partial charge in [0.1, 0.15) is 0 Å². The second kappa shape index (κ2) is 7.63. The molecule has 0 saturated heterocycles. The van der Waals surface area contributed by atoms with Crippen molar-refractivity contribution in [2.45, 2.75) is 36.7 Å². The van der Waals surface area contributed by atoms with Gasteiger partial charge in [-0.1, -0.05) is 13.8 Å². The highest BCUT2D eigenvalue weighted by Gasteiger charge is 2.46. The van der Waals surface area contributed by atoms with E-state index in [0.29, 0.717) is 0 Å². The Morgan fingerprint density at radius 3 is 2.33 bits per heavy atom. The number of hydrogen-bond acceptors (Lipinski definition) is 5. The molecular formula is C19H18F3N3O4S. The summed E-state index contributed by atoms with van der Waals surface area (Å²) in [5.74, 6) is -0.254. The summed E-state index contributed by atoms with van der Waals surface area (Å²) in [4.78, 5) is 16.0. The molecule has 0 aliphatic rings. The number of sulfone groups is 1. The SMILES string of the molecule is CC(C)c1cc(Cn2cc(O)n(-c3ccc(S(=O)(=O)C(F)(F)F)cc3)c2=O)ccn1. The van der Waals surface area contributed by atoms with E-state index in [1.165, 1.54) is 10.8 Å². The van der Waals surface area contributed by atoms with Crippen LogP contribution in [0, 0.1) is 0 Å². The van der Waals surface area contributed by atoms with Gasteiger partial charge in [0, 0.05) is 11.9 Å². The van der Waals surface area contributed by atoms with E-state index in [1.807, 2.05) is 19.9 Å². The van der Waals surface area contributed by atoms with Crippen molar-refractivity contribution in [1.29, 1.82) is 0 Å². The molecule has 0 amide bonds. The van der Waals surface area contributed by atoms with Crippen molar-refractivity contribution >= 4 is 9.84 Å². The van der Waals surface area contributed by atoms with E-state index in [9.17, 15) is 31.5 Å². The van der Waals surface area contributed by atoms with Gasteiger partial charge in [0.2, 0.25) is 5.88 Å². The first-order valence-corrected chi connectivity index (χ1v) is 10.3. The summed E-state index contributed by atoms with van der Waals surface area (Å²) in [5, 5.41) is 10.2. The molecule has 1 aromatic carbocycles. The summed E-state index contributed by atoms with van der Waals surface area (Å²) in [6.07, 6.45) is 2.81. The molecule has 30 heavy (non-hydrogen) atoms. The van der Waals surface area contributed by atoms with Gasteiger partial charge in [0.05, 0.1) is 23.3 Å². The third kappa shape index (κ3) is 3.97. The molecule has 0 saturated carbocycles. The van der Waals surface area contributed by atoms with E-state index >= 15 is 0 Å². The van der Waals surface area contributed by atoms with Gasteiger partial charge in [-0.05, 0) is 47.9 Å². The predicted molar refractivity (Wildman–Crippen MR) is 102 cm³/mol. The minimum absolute atomic E-state index is 0.0231. The van der Waals surface area contributed by atoms with Crippen LogP contribution in [0.3, 0.4) is 0 Å². The second-order valence-electron chi connectivity index (χ2n) is 6.92. The molecule has 3 rings (SSSR count). The first-order chi connectivity index (χ1) is 13.9. The summed E-state index contributed by atoms with van der Waals surface area (Å²) in [5.41, 5.74) is -4.43. The van der Waals surface area contributed by atoms with Gasteiger partial charge in [0.25, 0.3) is 9.84 Å². The van der Waals surface area contributed by atoms with Crippen molar-refractivity contribution in [2.24, 2.45) is 0 Å². The molecule has 0 aliphatic heterocycles. The van der Waals surface area contributed by atoms with Gasteiger partial charge >= 0.3 is 11.2 Å². The molecule has 1 N–H and O–H groups in total. The lowest BCUT2D eigenvalue weighted by atomic mass is 10.1. The number of alkyl halides is 3. The maximum Gasteiger partial charge on any atom is 0.501 e. The van der Waals surface area contributed by atoms with Crippen LogP contribution in [0.2, 0.25) is 0 Å². The van der Waals surface area contributed by atoms with Crippen LogP contribution in [-0.4, -0.2) is 33.2 Å². The number of halogens is 3. The Labute approximate surface area is 170 Å². The molecule has 0 bridgehead atoms. The van der Waals surface area contributed by atoms with Gasteiger partial charge < -0.3 is 5.11 Å². The molecule has 0 radical (unpaired) electrons. The van der Waals surface area contributed by atoms with Crippen molar-refractivity contribution in [1.82, 2.24) is 14.1 Å². The normalized spacial score (nSPS) is 12.5. The van der Waals surface area contributed by atoms with Crippen LogP contribution in [0.15, 0.2) is 58.5 Å². The predicted octanol–water partition coefficient (Wildman–Crippen LogP) is 3.20. The van der Waals surface area contributed by atoms with E-state index in [1.54, 1.807) is 12.3 Å². The van der Waals surface area contributed by atoms with Gasteiger partial charge in [0.15, 0.2) is 0 Å². The molecule has 0 atom stereocenters. The monoisotopic (exact) mass is 441 g/mol. The largest absolute Gasteiger partial charge is 0.501 e. The van der Waals surface area contributed by atoms with Crippen LogP contribution in [0.1, 0.15) is 31.0 Å². The van der Waals surface area contributed by atoms with E-state index in [-0.39, 0.29) is 18.2 Å². The zero-order valence-electron chi connectivity index (χ0n) is 16.0. The Balaban J connectivity index is 1.95. The Kier molecular flexibility index (Phi) is 5.50. The summed E-state index contributed by atoms with van der Waals surface area (Å²) in [7, 11) is -5.50. The fourth-order valence-electron chi connectivity index (χ4n) is 2.85. The number of aromatic hydroxyl groups is 1. The third-order valence-electron chi connectivity index (χ3n) is 4.44. The van der Waals surface area contributed by atoms with Crippen LogP contribution >= 0.6 is 0 Å². The molecule has 0 fully saturated rings. The molecule has 0 aliphatic carbocycles. The summed E-state index contributed by atoms with van der Waals surface area (Å²) in [6.45, 7) is 4.09. The first kappa shape index (κ1) is 21.6. The van der Waals surface area contributed by atoms with Crippen molar-refractivity contribution < 1.29 is 26.7 Å². The van der Waals surface area contributed by atoms with Crippen LogP contribution in [0.25, 0.3) is 5.69 Å². The van der Waals surface area contributed by atoms with Crippen molar-refractivity contribution in [3.8, 4) is 11.6 Å². The van der Waals surface area contributed by atoms with Crippen molar-refractivity contribution in [2.75, 3.05) is 0 Å². The Morgan fingerprint density at radius 1 is 1.13 bits per heavy atom. The summed E-state index contributed by atoms with van der Waals surface area (Å²) in [6, 6.07) is 7.07. The minimum atomic E-state index is -5.50. The average Bonchev–Trinajstić information content (AvgIpc) is 2.94. The fourth-order valence-corrected chi connectivity index (χ4v) is 3.61. The average molecular weight is 441 g/mol. The number of rotatable bonds is 5. The molecule has 3 aromatic rings. The maximum atomic E-state index is 12.7. The Hall–Kier alpha value is -3.08. The highest BCUT2D eigenvalue weighted by molar-refractivity contribution is 7.92. The van der Waals surface area contributed by atoms with Crippen LogP contribution in [0.4, 0.5) is 13.2 Å². The first-order valence-electron chi connectivity index (χ1n) is 8.79. The zero-order valence-corrected chi connectivity index (χ0v) is 16.8. The van der Waals surface area contributed by atoms with E-state index in [2.05, 4.69) is 4.98 Å². The van der Waals surface area contributed by atoms with Crippen LogP contribution in [-0.2, 0) is 16.4 Å². The van der Waals surface area contributed by atoms with Crippen LogP contribution < -0.4 is 5.69 Å². The number of pyridine rings is 1. The molecule has 11 heteroatoms. The minimum Gasteiger partial charge on any atom is -0.493 e. The fraction of sp³-hybridized carbons (Fsp3) is 0.263. The van der Waals surface area contributed by atoms with Crippen molar-refractivity contribution in [3.05, 3.63) is 70.5 Å². The molecule has 2 aromatic heterocycles. The molecular weight excluding hydrogens is 423 g/mol. The molecule has 7 nitrogen and oxygen atoms in total. The molecule has 0 unspecified atom stereocenters. The van der Waals surface area contributed by atoms with Gasteiger partial charge in [-0.25, -0.2) is 17.8 Å². The number of imidazole rings is 1. The van der Waals surface area contributed by atoms with Crippen LogP contribution in [0.5, 0.6) is 5.88 Å². The molecule has 2 heterocycles. The highest BCUT2D eigenvalue weighted by Crippen LogP contribution is 2.30. The molecule has 160 valence electrons. The number of nitrogens with zero attached hydrogens (tertiary/aromatic N) is 3. The zero-order chi connectivity index (χ0) is 22.3. The highest BCUT2D eigenvalue weighted by atomic mass is 32.2.